The average molecular weight is 411 g/mol. The standard InChI is InChI=1S/C23H25NO6/c1-2-11-28-16-9-7-15(8-10-16)21(25)19-20(18-6-4-13-30-18)24(23(27)22(19)26)14-17-5-3-12-29-17/h4,6-10,13,17,20,25H,2-3,5,11-12,14H2,1H3/b21-19-. The quantitative estimate of drug-likeness (QED) is 0.425. The summed E-state index contributed by atoms with van der Waals surface area (Å²) in [5, 5.41) is 11.0. The fourth-order valence-corrected chi connectivity index (χ4v) is 3.90. The van der Waals surface area contributed by atoms with Gasteiger partial charge in [-0.15, -0.1) is 0 Å². The maximum atomic E-state index is 12.9. The van der Waals surface area contributed by atoms with Gasteiger partial charge in [0.1, 0.15) is 23.3 Å². The summed E-state index contributed by atoms with van der Waals surface area (Å²) in [6, 6.07) is 9.42. The monoisotopic (exact) mass is 411 g/mol. The predicted molar refractivity (Wildman–Crippen MR) is 109 cm³/mol. The molecule has 2 atom stereocenters. The van der Waals surface area contributed by atoms with Crippen LogP contribution < -0.4 is 4.74 Å². The third-order valence-electron chi connectivity index (χ3n) is 5.38. The minimum atomic E-state index is -0.791. The summed E-state index contributed by atoms with van der Waals surface area (Å²) in [6.07, 6.45) is 4.00. The van der Waals surface area contributed by atoms with E-state index in [4.69, 9.17) is 13.9 Å². The number of likely N-dealkylation sites (tertiary alicyclic amines) is 1. The van der Waals surface area contributed by atoms with E-state index in [-0.39, 0.29) is 24.0 Å². The molecule has 2 fully saturated rings. The highest BCUT2D eigenvalue weighted by Gasteiger charge is 2.48. The third kappa shape index (κ3) is 3.85. The zero-order valence-electron chi connectivity index (χ0n) is 16.9. The van der Waals surface area contributed by atoms with Crippen molar-refractivity contribution in [2.45, 2.75) is 38.3 Å². The number of benzene rings is 1. The van der Waals surface area contributed by atoms with Crippen LogP contribution >= 0.6 is 0 Å². The number of hydrogen-bond acceptors (Lipinski definition) is 6. The van der Waals surface area contributed by atoms with E-state index in [0.717, 1.165) is 19.3 Å². The zero-order chi connectivity index (χ0) is 21.1. The van der Waals surface area contributed by atoms with Gasteiger partial charge in [0.2, 0.25) is 0 Å². The van der Waals surface area contributed by atoms with Crippen LogP contribution in [0.4, 0.5) is 0 Å². The molecule has 0 spiro atoms. The number of furan rings is 1. The molecule has 3 heterocycles. The number of aliphatic hydroxyl groups is 1. The molecule has 4 rings (SSSR count). The molecular formula is C23H25NO6. The lowest BCUT2D eigenvalue weighted by molar-refractivity contribution is -0.141. The van der Waals surface area contributed by atoms with Crippen LogP contribution in [-0.4, -0.2) is 47.6 Å². The van der Waals surface area contributed by atoms with Crippen molar-refractivity contribution < 1.29 is 28.6 Å². The molecular weight excluding hydrogens is 386 g/mol. The van der Waals surface area contributed by atoms with Crippen LogP contribution in [0.25, 0.3) is 5.76 Å². The third-order valence-corrected chi connectivity index (χ3v) is 5.38. The molecule has 2 saturated heterocycles. The topological polar surface area (TPSA) is 89.2 Å². The van der Waals surface area contributed by atoms with Gasteiger partial charge in [-0.2, -0.15) is 0 Å². The van der Waals surface area contributed by atoms with E-state index in [2.05, 4.69) is 0 Å². The Balaban J connectivity index is 1.70. The lowest BCUT2D eigenvalue weighted by atomic mass is 9.99. The van der Waals surface area contributed by atoms with Gasteiger partial charge in [-0.3, -0.25) is 9.59 Å². The first kappa shape index (κ1) is 20.2. The Morgan fingerprint density at radius 3 is 2.67 bits per heavy atom. The molecule has 7 heteroatoms. The summed E-state index contributed by atoms with van der Waals surface area (Å²) in [4.78, 5) is 27.2. The molecule has 30 heavy (non-hydrogen) atoms. The second-order valence-electron chi connectivity index (χ2n) is 7.47. The molecule has 2 aliphatic heterocycles. The zero-order valence-corrected chi connectivity index (χ0v) is 16.9. The predicted octanol–water partition coefficient (Wildman–Crippen LogP) is 3.67. The fourth-order valence-electron chi connectivity index (χ4n) is 3.90. The van der Waals surface area contributed by atoms with Crippen molar-refractivity contribution in [3.05, 3.63) is 59.6 Å². The summed E-state index contributed by atoms with van der Waals surface area (Å²) in [5.74, 6) is -0.507. The number of ether oxygens (including phenoxy) is 2. The number of rotatable bonds is 7. The van der Waals surface area contributed by atoms with Crippen molar-refractivity contribution in [3.8, 4) is 5.75 Å². The van der Waals surface area contributed by atoms with Crippen molar-refractivity contribution in [1.82, 2.24) is 4.90 Å². The highest BCUT2D eigenvalue weighted by molar-refractivity contribution is 6.46. The molecule has 158 valence electrons. The second kappa shape index (κ2) is 8.75. The number of Topliss-reactive ketones (excluding diaryl/α,β-unsaturated/α-hetero) is 1. The molecule has 1 N–H and O–H groups in total. The van der Waals surface area contributed by atoms with Crippen molar-refractivity contribution in [2.24, 2.45) is 0 Å². The SMILES string of the molecule is CCCOc1ccc(/C(O)=C2/C(=O)C(=O)N(CC3CCCO3)C2c2ccco2)cc1. The van der Waals surface area contributed by atoms with Gasteiger partial charge in [0.25, 0.3) is 11.7 Å². The summed E-state index contributed by atoms with van der Waals surface area (Å²) in [6.45, 7) is 3.53. The normalized spacial score (nSPS) is 23.3. The highest BCUT2D eigenvalue weighted by Crippen LogP contribution is 2.40. The minimum absolute atomic E-state index is 0.0233. The maximum Gasteiger partial charge on any atom is 0.295 e. The lowest BCUT2D eigenvalue weighted by Gasteiger charge is -2.25. The Bertz CT molecular complexity index is 925. The molecule has 1 aromatic heterocycles. The number of aliphatic hydroxyl groups excluding tert-OH is 1. The van der Waals surface area contributed by atoms with E-state index in [9.17, 15) is 14.7 Å². The van der Waals surface area contributed by atoms with Crippen LogP contribution in [0.15, 0.2) is 52.7 Å². The summed E-state index contributed by atoms with van der Waals surface area (Å²) >= 11 is 0. The van der Waals surface area contributed by atoms with Gasteiger partial charge in [0.15, 0.2) is 0 Å². The Kier molecular flexibility index (Phi) is 5.90. The largest absolute Gasteiger partial charge is 0.507 e. The second-order valence-corrected chi connectivity index (χ2v) is 7.47. The van der Waals surface area contributed by atoms with Crippen LogP contribution in [0.5, 0.6) is 5.75 Å². The first-order valence-electron chi connectivity index (χ1n) is 10.3. The number of carbonyl (C=O) groups is 2. The van der Waals surface area contributed by atoms with Crippen molar-refractivity contribution >= 4 is 17.4 Å². The average Bonchev–Trinajstić information content (AvgIpc) is 3.51. The lowest BCUT2D eigenvalue weighted by Crippen LogP contribution is -2.36. The van der Waals surface area contributed by atoms with Crippen molar-refractivity contribution in [3.63, 3.8) is 0 Å². The van der Waals surface area contributed by atoms with Gasteiger partial charge >= 0.3 is 0 Å². The Labute approximate surface area is 174 Å². The van der Waals surface area contributed by atoms with E-state index in [1.807, 2.05) is 6.92 Å². The van der Waals surface area contributed by atoms with E-state index in [1.54, 1.807) is 36.4 Å². The summed E-state index contributed by atoms with van der Waals surface area (Å²) in [7, 11) is 0. The van der Waals surface area contributed by atoms with Gasteiger partial charge in [0, 0.05) is 18.7 Å². The number of ketones is 1. The molecule has 1 aromatic carbocycles. The van der Waals surface area contributed by atoms with E-state index in [1.165, 1.54) is 11.2 Å². The number of carbonyl (C=O) groups excluding carboxylic acids is 2. The molecule has 0 saturated carbocycles. The molecule has 0 bridgehead atoms. The highest BCUT2D eigenvalue weighted by atomic mass is 16.5. The maximum absolute atomic E-state index is 12.9. The van der Waals surface area contributed by atoms with Gasteiger partial charge in [-0.05, 0) is 55.7 Å². The summed E-state index contributed by atoms with van der Waals surface area (Å²) in [5.41, 5.74) is 0.459. The molecule has 0 aliphatic carbocycles. The van der Waals surface area contributed by atoms with Gasteiger partial charge in [-0.25, -0.2) is 0 Å². The molecule has 2 aromatic rings. The van der Waals surface area contributed by atoms with E-state index in [0.29, 0.717) is 30.3 Å². The van der Waals surface area contributed by atoms with Crippen LogP contribution in [0, 0.1) is 0 Å². The number of nitrogens with zero attached hydrogens (tertiary/aromatic N) is 1. The molecule has 0 radical (unpaired) electrons. The van der Waals surface area contributed by atoms with E-state index >= 15 is 0 Å². The minimum Gasteiger partial charge on any atom is -0.507 e. The van der Waals surface area contributed by atoms with Gasteiger partial charge in [0.05, 0.1) is 24.5 Å². The Hall–Kier alpha value is -3.06. The number of hydrogen-bond donors (Lipinski definition) is 1. The molecule has 2 aliphatic rings. The molecule has 2 unspecified atom stereocenters. The number of amides is 1. The fraction of sp³-hybridized carbons (Fsp3) is 0.391. The Morgan fingerprint density at radius 2 is 2.03 bits per heavy atom. The van der Waals surface area contributed by atoms with E-state index < -0.39 is 17.7 Å². The van der Waals surface area contributed by atoms with Crippen LogP contribution in [0.1, 0.15) is 43.6 Å². The molecule has 1 amide bonds. The van der Waals surface area contributed by atoms with Crippen molar-refractivity contribution in [1.29, 1.82) is 0 Å². The van der Waals surface area contributed by atoms with Crippen LogP contribution in [0.3, 0.4) is 0 Å². The van der Waals surface area contributed by atoms with Gasteiger partial charge in [-0.1, -0.05) is 6.92 Å². The van der Waals surface area contributed by atoms with Crippen LogP contribution in [0.2, 0.25) is 0 Å². The Morgan fingerprint density at radius 1 is 1.23 bits per heavy atom. The van der Waals surface area contributed by atoms with Gasteiger partial charge < -0.3 is 23.9 Å². The smallest absolute Gasteiger partial charge is 0.295 e. The first-order valence-corrected chi connectivity index (χ1v) is 10.3. The summed E-state index contributed by atoms with van der Waals surface area (Å²) < 4.78 is 16.8. The van der Waals surface area contributed by atoms with Crippen molar-refractivity contribution in [2.75, 3.05) is 19.8 Å². The first-order chi connectivity index (χ1) is 14.6. The van der Waals surface area contributed by atoms with Crippen LogP contribution in [-0.2, 0) is 14.3 Å². The molecule has 7 nitrogen and oxygen atoms in total.